The van der Waals surface area contributed by atoms with Crippen LogP contribution in [0, 0.1) is 0 Å². The number of benzene rings is 3. The Kier molecular flexibility index (Phi) is 9.88. The zero-order chi connectivity index (χ0) is 31.5. The molecule has 1 aliphatic rings. The minimum atomic E-state index is -4.09. The van der Waals surface area contributed by atoms with Crippen molar-refractivity contribution < 1.29 is 27.5 Å². The highest BCUT2D eigenvalue weighted by Crippen LogP contribution is 2.30. The van der Waals surface area contributed by atoms with E-state index in [1.807, 2.05) is 36.4 Å². The number of nitrogens with one attached hydrogen (secondary N) is 2. The van der Waals surface area contributed by atoms with Crippen molar-refractivity contribution in [3.05, 3.63) is 72.3 Å². The number of hydrogen-bond donors (Lipinski definition) is 3. The van der Waals surface area contributed by atoms with Crippen LogP contribution < -0.4 is 10.6 Å². The first-order valence-electron chi connectivity index (χ1n) is 14.3. The van der Waals surface area contributed by atoms with Gasteiger partial charge in [-0.05, 0) is 73.7 Å². The SMILES string of the molecule is CC(C)c1ccc(NC(=O)[C@H](CC(=O)OC(C)(C)C)NC(=O)[C@@H]2C[C@@H](S)CN2S(=O)(=O)c2ccc3ccccc3c2)cc1. The molecule has 0 unspecified atom stereocenters. The molecule has 9 nitrogen and oxygen atoms in total. The Bertz CT molecular complexity index is 1600. The van der Waals surface area contributed by atoms with Gasteiger partial charge < -0.3 is 15.4 Å². The lowest BCUT2D eigenvalue weighted by atomic mass is 10.0. The third kappa shape index (κ3) is 8.16. The molecule has 1 fully saturated rings. The Balaban J connectivity index is 1.57. The highest BCUT2D eigenvalue weighted by Gasteiger charge is 2.44. The van der Waals surface area contributed by atoms with Gasteiger partial charge in [-0.2, -0.15) is 16.9 Å². The normalized spacial score (nSPS) is 18.4. The molecule has 3 aromatic rings. The Labute approximate surface area is 258 Å². The minimum absolute atomic E-state index is 0.0154. The van der Waals surface area contributed by atoms with Crippen molar-refractivity contribution >= 4 is 56.9 Å². The van der Waals surface area contributed by atoms with Gasteiger partial charge in [-0.25, -0.2) is 8.42 Å². The van der Waals surface area contributed by atoms with Crippen LogP contribution >= 0.6 is 12.6 Å². The molecule has 0 saturated carbocycles. The lowest BCUT2D eigenvalue weighted by Gasteiger charge is -2.26. The van der Waals surface area contributed by atoms with Gasteiger partial charge in [0.25, 0.3) is 0 Å². The predicted octanol–water partition coefficient (Wildman–Crippen LogP) is 4.88. The summed E-state index contributed by atoms with van der Waals surface area (Å²) in [6.45, 7) is 9.24. The van der Waals surface area contributed by atoms with Gasteiger partial charge in [-0.3, -0.25) is 14.4 Å². The van der Waals surface area contributed by atoms with E-state index in [2.05, 4.69) is 37.1 Å². The summed E-state index contributed by atoms with van der Waals surface area (Å²) >= 11 is 4.49. The number of hydrogen-bond acceptors (Lipinski definition) is 7. The number of anilines is 1. The van der Waals surface area contributed by atoms with Crippen molar-refractivity contribution in [1.29, 1.82) is 0 Å². The second-order valence-corrected chi connectivity index (χ2v) is 14.7. The van der Waals surface area contributed by atoms with Crippen LogP contribution in [0.4, 0.5) is 5.69 Å². The molecule has 0 aliphatic carbocycles. The van der Waals surface area contributed by atoms with Gasteiger partial charge in [-0.15, -0.1) is 0 Å². The van der Waals surface area contributed by atoms with E-state index < -0.39 is 57.2 Å². The van der Waals surface area contributed by atoms with Crippen molar-refractivity contribution in [3.8, 4) is 0 Å². The fourth-order valence-corrected chi connectivity index (χ4v) is 7.13. The monoisotopic (exact) mass is 625 g/mol. The van der Waals surface area contributed by atoms with Crippen LogP contribution in [0.1, 0.15) is 58.9 Å². The van der Waals surface area contributed by atoms with Gasteiger partial charge in [0.2, 0.25) is 21.8 Å². The highest BCUT2D eigenvalue weighted by atomic mass is 32.2. The summed E-state index contributed by atoms with van der Waals surface area (Å²) in [4.78, 5) is 39.9. The Morgan fingerprint density at radius 3 is 2.28 bits per heavy atom. The largest absolute Gasteiger partial charge is 0.460 e. The zero-order valence-electron chi connectivity index (χ0n) is 25.0. The maximum absolute atomic E-state index is 13.8. The molecule has 0 aromatic heterocycles. The van der Waals surface area contributed by atoms with E-state index in [-0.39, 0.29) is 17.9 Å². The number of fused-ring (bicyclic) bond motifs is 1. The fraction of sp³-hybridized carbons (Fsp3) is 0.406. The second kappa shape index (κ2) is 13.1. The first kappa shape index (κ1) is 32.5. The van der Waals surface area contributed by atoms with E-state index in [1.165, 1.54) is 6.07 Å². The summed E-state index contributed by atoms with van der Waals surface area (Å²) in [5.41, 5.74) is 0.783. The van der Waals surface area contributed by atoms with Crippen LogP contribution in [-0.4, -0.2) is 60.0 Å². The minimum Gasteiger partial charge on any atom is -0.460 e. The summed E-state index contributed by atoms with van der Waals surface area (Å²) in [6.07, 6.45) is -0.299. The predicted molar refractivity (Wildman–Crippen MR) is 171 cm³/mol. The zero-order valence-corrected chi connectivity index (χ0v) is 26.7. The van der Waals surface area contributed by atoms with Crippen LogP contribution in [0.5, 0.6) is 0 Å². The van der Waals surface area contributed by atoms with Gasteiger partial charge in [0.05, 0.1) is 11.3 Å². The molecule has 0 bridgehead atoms. The number of sulfonamides is 1. The highest BCUT2D eigenvalue weighted by molar-refractivity contribution is 7.89. The Morgan fingerprint density at radius 2 is 1.65 bits per heavy atom. The summed E-state index contributed by atoms with van der Waals surface area (Å²) in [6, 6.07) is 17.1. The third-order valence-electron chi connectivity index (χ3n) is 7.13. The molecule has 3 atom stereocenters. The second-order valence-electron chi connectivity index (χ2n) is 12.1. The third-order valence-corrected chi connectivity index (χ3v) is 9.38. The van der Waals surface area contributed by atoms with E-state index in [0.29, 0.717) is 11.6 Å². The summed E-state index contributed by atoms with van der Waals surface area (Å²) < 4.78 is 34.1. The van der Waals surface area contributed by atoms with Crippen LogP contribution in [0.15, 0.2) is 71.6 Å². The lowest BCUT2D eigenvalue weighted by molar-refractivity contribution is -0.156. The van der Waals surface area contributed by atoms with Crippen molar-refractivity contribution in [3.63, 3.8) is 0 Å². The van der Waals surface area contributed by atoms with Gasteiger partial charge >= 0.3 is 5.97 Å². The van der Waals surface area contributed by atoms with Crippen molar-refractivity contribution in [2.45, 2.75) is 81.2 Å². The van der Waals surface area contributed by atoms with Crippen molar-refractivity contribution in [1.82, 2.24) is 9.62 Å². The number of carbonyl (C=O) groups is 3. The molecule has 0 spiro atoms. The maximum Gasteiger partial charge on any atom is 0.308 e. The average Bonchev–Trinajstić information content (AvgIpc) is 3.34. The number of amides is 2. The van der Waals surface area contributed by atoms with Gasteiger partial charge in [0.1, 0.15) is 17.7 Å². The van der Waals surface area contributed by atoms with Crippen molar-refractivity contribution in [2.24, 2.45) is 0 Å². The summed E-state index contributed by atoms with van der Waals surface area (Å²) in [5, 5.41) is 6.63. The molecular formula is C32H39N3O6S2. The van der Waals surface area contributed by atoms with Gasteiger partial charge in [0.15, 0.2) is 0 Å². The fourth-order valence-electron chi connectivity index (χ4n) is 4.96. The van der Waals surface area contributed by atoms with E-state index in [4.69, 9.17) is 4.74 Å². The number of nitrogens with zero attached hydrogens (tertiary/aromatic N) is 1. The molecule has 0 radical (unpaired) electrons. The summed E-state index contributed by atoms with van der Waals surface area (Å²) in [7, 11) is -4.09. The Hall–Kier alpha value is -3.41. The molecule has 11 heteroatoms. The maximum atomic E-state index is 13.8. The number of carbonyl (C=O) groups excluding carboxylic acids is 3. The Morgan fingerprint density at radius 1 is 1.00 bits per heavy atom. The first-order chi connectivity index (χ1) is 20.1. The van der Waals surface area contributed by atoms with Gasteiger partial charge in [-0.1, -0.05) is 56.3 Å². The lowest BCUT2D eigenvalue weighted by Crippen LogP contribution is -2.52. The number of ether oxygens (including phenoxy) is 1. The van der Waals surface area contributed by atoms with Crippen LogP contribution in [0.25, 0.3) is 10.8 Å². The van der Waals surface area contributed by atoms with E-state index >= 15 is 0 Å². The van der Waals surface area contributed by atoms with E-state index in [0.717, 1.165) is 20.6 Å². The topological polar surface area (TPSA) is 122 Å². The molecule has 230 valence electrons. The quantitative estimate of drug-likeness (QED) is 0.230. The number of esters is 1. The number of rotatable bonds is 9. The smallest absolute Gasteiger partial charge is 0.308 e. The van der Waals surface area contributed by atoms with Crippen LogP contribution in [0.2, 0.25) is 0 Å². The molecule has 4 rings (SSSR count). The molecule has 2 N–H and O–H groups in total. The van der Waals surface area contributed by atoms with Gasteiger partial charge in [0, 0.05) is 17.5 Å². The van der Waals surface area contributed by atoms with Crippen LogP contribution in [0.3, 0.4) is 0 Å². The molecule has 1 saturated heterocycles. The first-order valence-corrected chi connectivity index (χ1v) is 16.2. The average molecular weight is 626 g/mol. The summed E-state index contributed by atoms with van der Waals surface area (Å²) in [5.74, 6) is -1.69. The molecule has 43 heavy (non-hydrogen) atoms. The number of thiol groups is 1. The van der Waals surface area contributed by atoms with E-state index in [9.17, 15) is 22.8 Å². The molecule has 1 heterocycles. The van der Waals surface area contributed by atoms with Crippen LogP contribution in [-0.2, 0) is 29.1 Å². The van der Waals surface area contributed by atoms with Crippen molar-refractivity contribution in [2.75, 3.05) is 11.9 Å². The molecular weight excluding hydrogens is 587 g/mol. The molecule has 2 amide bonds. The van der Waals surface area contributed by atoms with E-state index in [1.54, 1.807) is 45.0 Å². The molecule has 1 aliphatic heterocycles. The standard InChI is InChI=1S/C32H39N3O6S2/c1-20(2)21-10-13-24(14-11-21)33-30(37)27(18-29(36)41-32(3,4)5)34-31(38)28-17-25(42)19-35(28)43(39,40)26-15-12-22-8-6-7-9-23(22)16-26/h6-16,20,25,27-28,42H,17-19H2,1-5H3,(H,33,37)(H,34,38)/t25-,27+,28+/m1/s1. The molecule has 3 aromatic carbocycles.